The van der Waals surface area contributed by atoms with Gasteiger partial charge in [-0.2, -0.15) is 0 Å². The maximum Gasteiger partial charge on any atom is 0.233 e. The van der Waals surface area contributed by atoms with Gasteiger partial charge in [-0.3, -0.25) is 4.79 Å². The predicted molar refractivity (Wildman–Crippen MR) is 98.1 cm³/mol. The molecule has 1 fully saturated rings. The summed E-state index contributed by atoms with van der Waals surface area (Å²) in [5.41, 5.74) is 2.73. The Kier molecular flexibility index (Phi) is 4.78. The van der Waals surface area contributed by atoms with Crippen LogP contribution in [0.15, 0.2) is 12.1 Å². The molecule has 3 nitrogen and oxygen atoms in total. The summed E-state index contributed by atoms with van der Waals surface area (Å²) in [5.74, 6) is 1.13. The minimum Gasteiger partial charge on any atom is -0.507 e. The largest absolute Gasteiger partial charge is 0.507 e. The monoisotopic (exact) mass is 335 g/mol. The van der Waals surface area contributed by atoms with Crippen molar-refractivity contribution in [3.63, 3.8) is 0 Å². The summed E-state index contributed by atoms with van der Waals surface area (Å²) < 4.78 is 0. The quantitative estimate of drug-likeness (QED) is 0.860. The van der Waals surface area contributed by atoms with Crippen molar-refractivity contribution in [1.82, 2.24) is 4.90 Å². The average molecular weight is 336 g/mol. The fourth-order valence-electron chi connectivity index (χ4n) is 3.02. The SMILES string of the molecule is CCN1C(=O)CSC1c1cc(C(C)(C)C)c(O)c(C(C)(C)C)c1. The minimum atomic E-state index is -0.148. The second kappa shape index (κ2) is 6.04. The van der Waals surface area contributed by atoms with E-state index in [0.717, 1.165) is 16.7 Å². The van der Waals surface area contributed by atoms with Crippen molar-refractivity contribution in [3.05, 3.63) is 28.8 Å². The normalized spacial score (nSPS) is 19.5. The Morgan fingerprint density at radius 1 is 1.13 bits per heavy atom. The van der Waals surface area contributed by atoms with E-state index in [4.69, 9.17) is 0 Å². The van der Waals surface area contributed by atoms with Crippen molar-refractivity contribution in [2.75, 3.05) is 12.3 Å². The van der Waals surface area contributed by atoms with Crippen LogP contribution < -0.4 is 0 Å². The third kappa shape index (κ3) is 3.52. The number of phenols is 1. The molecule has 1 N–H and O–H groups in total. The molecule has 1 amide bonds. The Morgan fingerprint density at radius 2 is 1.61 bits per heavy atom. The third-order valence-electron chi connectivity index (χ3n) is 4.34. The highest BCUT2D eigenvalue weighted by Gasteiger charge is 2.34. The van der Waals surface area contributed by atoms with E-state index in [9.17, 15) is 9.90 Å². The maximum atomic E-state index is 12.1. The molecule has 0 spiro atoms. The van der Waals surface area contributed by atoms with Gasteiger partial charge in [0.05, 0.1) is 5.75 Å². The Morgan fingerprint density at radius 3 is 2.00 bits per heavy atom. The Bertz CT molecular complexity index is 576. The topological polar surface area (TPSA) is 40.5 Å². The lowest BCUT2D eigenvalue weighted by atomic mass is 9.78. The first-order valence-corrected chi connectivity index (χ1v) is 9.30. The number of nitrogens with zero attached hydrogens (tertiary/aromatic N) is 1. The molecule has 4 heteroatoms. The molecule has 1 aliphatic heterocycles. The average Bonchev–Trinajstić information content (AvgIpc) is 2.77. The molecule has 0 aromatic heterocycles. The van der Waals surface area contributed by atoms with Gasteiger partial charge in [0.25, 0.3) is 0 Å². The van der Waals surface area contributed by atoms with Crippen LogP contribution in [0.25, 0.3) is 0 Å². The molecule has 0 aliphatic carbocycles. The number of carbonyl (C=O) groups is 1. The summed E-state index contributed by atoms with van der Waals surface area (Å²) in [6, 6.07) is 4.17. The molecule has 1 aromatic rings. The first kappa shape index (κ1) is 18.2. The molecule has 1 unspecified atom stereocenters. The van der Waals surface area contributed by atoms with Crippen LogP contribution in [0.3, 0.4) is 0 Å². The van der Waals surface area contributed by atoms with Gasteiger partial charge >= 0.3 is 0 Å². The number of hydrogen-bond donors (Lipinski definition) is 1. The van der Waals surface area contributed by atoms with Gasteiger partial charge in [0.2, 0.25) is 5.91 Å². The van der Waals surface area contributed by atoms with Crippen LogP contribution in [0.1, 0.15) is 70.5 Å². The molecule has 1 saturated heterocycles. The van der Waals surface area contributed by atoms with E-state index in [0.29, 0.717) is 18.0 Å². The van der Waals surface area contributed by atoms with Gasteiger partial charge in [-0.05, 0) is 46.6 Å². The number of phenolic OH excluding ortho intramolecular Hbond substituents is 1. The van der Waals surface area contributed by atoms with E-state index in [1.54, 1.807) is 11.8 Å². The van der Waals surface area contributed by atoms with E-state index in [-0.39, 0.29) is 22.1 Å². The van der Waals surface area contributed by atoms with E-state index in [1.165, 1.54) is 0 Å². The van der Waals surface area contributed by atoms with Gasteiger partial charge in [-0.15, -0.1) is 11.8 Å². The Hall–Kier alpha value is -1.16. The second-order valence-electron chi connectivity index (χ2n) is 8.31. The van der Waals surface area contributed by atoms with Gasteiger partial charge in [0.15, 0.2) is 0 Å². The summed E-state index contributed by atoms with van der Waals surface area (Å²) in [6.07, 6.45) is 0. The summed E-state index contributed by atoms with van der Waals surface area (Å²) >= 11 is 1.68. The van der Waals surface area contributed by atoms with Crippen molar-refractivity contribution in [3.8, 4) is 5.75 Å². The van der Waals surface area contributed by atoms with Crippen LogP contribution in [0.5, 0.6) is 5.75 Å². The number of thioether (sulfide) groups is 1. The van der Waals surface area contributed by atoms with Crippen molar-refractivity contribution in [1.29, 1.82) is 0 Å². The van der Waals surface area contributed by atoms with Crippen molar-refractivity contribution in [2.24, 2.45) is 0 Å². The van der Waals surface area contributed by atoms with Gasteiger partial charge in [-0.25, -0.2) is 0 Å². The van der Waals surface area contributed by atoms with E-state index < -0.39 is 0 Å². The van der Waals surface area contributed by atoms with Crippen LogP contribution in [-0.2, 0) is 15.6 Å². The van der Waals surface area contributed by atoms with Gasteiger partial charge in [0, 0.05) is 6.54 Å². The predicted octanol–water partition coefficient (Wildman–Crippen LogP) is 4.58. The van der Waals surface area contributed by atoms with Crippen molar-refractivity contribution < 1.29 is 9.90 Å². The maximum absolute atomic E-state index is 12.1. The van der Waals surface area contributed by atoms with Crippen LogP contribution >= 0.6 is 11.8 Å². The molecule has 0 saturated carbocycles. The van der Waals surface area contributed by atoms with Crippen molar-refractivity contribution >= 4 is 17.7 Å². The van der Waals surface area contributed by atoms with E-state index in [2.05, 4.69) is 53.7 Å². The lowest BCUT2D eigenvalue weighted by Gasteiger charge is -2.30. The Labute approximate surface area is 144 Å². The lowest BCUT2D eigenvalue weighted by Crippen LogP contribution is -2.28. The van der Waals surface area contributed by atoms with Crippen LogP contribution in [0.4, 0.5) is 0 Å². The van der Waals surface area contributed by atoms with Gasteiger partial charge in [-0.1, -0.05) is 41.5 Å². The molecule has 1 heterocycles. The van der Waals surface area contributed by atoms with Crippen LogP contribution in [-0.4, -0.2) is 28.2 Å². The van der Waals surface area contributed by atoms with E-state index >= 15 is 0 Å². The Balaban J connectivity index is 2.63. The molecule has 0 radical (unpaired) electrons. The zero-order valence-electron chi connectivity index (χ0n) is 15.4. The molecule has 128 valence electrons. The summed E-state index contributed by atoms with van der Waals surface area (Å²) in [6.45, 7) is 15.4. The number of rotatable bonds is 2. The number of amides is 1. The molecule has 2 rings (SSSR count). The van der Waals surface area contributed by atoms with Gasteiger partial charge < -0.3 is 10.0 Å². The number of hydrogen-bond acceptors (Lipinski definition) is 3. The number of carbonyl (C=O) groups excluding carboxylic acids is 1. The van der Waals surface area contributed by atoms with Gasteiger partial charge in [0.1, 0.15) is 11.1 Å². The number of aromatic hydroxyl groups is 1. The lowest BCUT2D eigenvalue weighted by molar-refractivity contribution is -0.127. The molecule has 0 bridgehead atoms. The summed E-state index contributed by atoms with van der Waals surface area (Å²) in [4.78, 5) is 14.0. The van der Waals surface area contributed by atoms with Crippen LogP contribution in [0.2, 0.25) is 0 Å². The highest BCUT2D eigenvalue weighted by atomic mass is 32.2. The fraction of sp³-hybridized carbons (Fsp3) is 0.632. The molecule has 1 aromatic carbocycles. The first-order chi connectivity index (χ1) is 10.5. The van der Waals surface area contributed by atoms with Crippen molar-refractivity contribution in [2.45, 2.75) is 64.7 Å². The fourth-order valence-corrected chi connectivity index (χ4v) is 4.26. The highest BCUT2D eigenvalue weighted by molar-refractivity contribution is 8.00. The highest BCUT2D eigenvalue weighted by Crippen LogP contribution is 2.45. The van der Waals surface area contributed by atoms with Crippen LogP contribution in [0, 0.1) is 0 Å². The van der Waals surface area contributed by atoms with E-state index in [1.807, 2.05) is 11.8 Å². The first-order valence-electron chi connectivity index (χ1n) is 8.25. The molecule has 23 heavy (non-hydrogen) atoms. The summed E-state index contributed by atoms with van der Waals surface area (Å²) in [7, 11) is 0. The third-order valence-corrected chi connectivity index (χ3v) is 5.60. The zero-order chi connectivity index (χ0) is 17.6. The standard InChI is InChI=1S/C19H29NO2S/c1-8-20-15(21)11-23-17(20)12-9-13(18(2,3)4)16(22)14(10-12)19(5,6)7/h9-10,17,22H,8,11H2,1-7H3. The molecule has 1 atom stereocenters. The smallest absolute Gasteiger partial charge is 0.233 e. The summed E-state index contributed by atoms with van der Waals surface area (Å²) in [5, 5.41) is 10.9. The molecule has 1 aliphatic rings. The second-order valence-corrected chi connectivity index (χ2v) is 9.38. The molecular formula is C19H29NO2S. The zero-order valence-corrected chi connectivity index (χ0v) is 16.2. The molecular weight excluding hydrogens is 306 g/mol. The number of benzene rings is 1. The minimum absolute atomic E-state index is 0.0512.